The Morgan fingerprint density at radius 3 is 2.71 bits per heavy atom. The van der Waals surface area contributed by atoms with Crippen LogP contribution in [0.3, 0.4) is 0 Å². The average molecular weight is 296 g/mol. The molecule has 0 aromatic carbocycles. The SMILES string of the molecule is CCC(C)C1CN(CCCC2CCCO2)C(C(C)C)CN1. The second-order valence-corrected chi connectivity index (χ2v) is 7.48. The van der Waals surface area contributed by atoms with Crippen LogP contribution >= 0.6 is 0 Å². The molecular formula is C18H36N2O. The van der Waals surface area contributed by atoms with E-state index in [1.807, 2.05) is 0 Å². The summed E-state index contributed by atoms with van der Waals surface area (Å²) in [5, 5.41) is 3.80. The Kier molecular flexibility index (Phi) is 6.97. The predicted molar refractivity (Wildman–Crippen MR) is 89.7 cm³/mol. The summed E-state index contributed by atoms with van der Waals surface area (Å²) >= 11 is 0. The highest BCUT2D eigenvalue weighted by atomic mass is 16.5. The first kappa shape index (κ1) is 17.2. The number of nitrogens with one attached hydrogen (secondary N) is 1. The van der Waals surface area contributed by atoms with Gasteiger partial charge >= 0.3 is 0 Å². The summed E-state index contributed by atoms with van der Waals surface area (Å²) in [6, 6.07) is 1.38. The standard InChI is InChI=1S/C18H36N2O/c1-5-15(4)17-13-20(18(12-19-17)14(2)3)10-6-8-16-9-7-11-21-16/h14-19H,5-13H2,1-4H3. The Morgan fingerprint density at radius 1 is 1.29 bits per heavy atom. The quantitative estimate of drug-likeness (QED) is 0.780. The molecule has 2 aliphatic heterocycles. The monoisotopic (exact) mass is 296 g/mol. The zero-order chi connectivity index (χ0) is 15.2. The molecule has 0 amide bonds. The van der Waals surface area contributed by atoms with Crippen LogP contribution in [0.5, 0.6) is 0 Å². The second-order valence-electron chi connectivity index (χ2n) is 7.48. The first-order chi connectivity index (χ1) is 10.1. The Labute approximate surface area is 131 Å². The van der Waals surface area contributed by atoms with Gasteiger partial charge in [-0.25, -0.2) is 0 Å². The van der Waals surface area contributed by atoms with Gasteiger partial charge in [0.25, 0.3) is 0 Å². The number of ether oxygens (including phenoxy) is 1. The van der Waals surface area contributed by atoms with Gasteiger partial charge in [0, 0.05) is 31.8 Å². The minimum absolute atomic E-state index is 0.552. The molecule has 0 aliphatic carbocycles. The lowest BCUT2D eigenvalue weighted by atomic mass is 9.92. The zero-order valence-electron chi connectivity index (χ0n) is 14.6. The van der Waals surface area contributed by atoms with E-state index in [9.17, 15) is 0 Å². The van der Waals surface area contributed by atoms with Crippen LogP contribution in [0.2, 0.25) is 0 Å². The fourth-order valence-corrected chi connectivity index (χ4v) is 3.83. The Hall–Kier alpha value is -0.120. The van der Waals surface area contributed by atoms with E-state index in [0.29, 0.717) is 18.2 Å². The van der Waals surface area contributed by atoms with Crippen LogP contribution < -0.4 is 5.32 Å². The molecule has 1 N–H and O–H groups in total. The van der Waals surface area contributed by atoms with Gasteiger partial charge in [-0.2, -0.15) is 0 Å². The molecule has 3 nitrogen and oxygen atoms in total. The van der Waals surface area contributed by atoms with Gasteiger partial charge < -0.3 is 10.1 Å². The van der Waals surface area contributed by atoms with Crippen molar-refractivity contribution in [2.75, 3.05) is 26.2 Å². The van der Waals surface area contributed by atoms with Gasteiger partial charge in [-0.15, -0.1) is 0 Å². The summed E-state index contributed by atoms with van der Waals surface area (Å²) < 4.78 is 5.76. The largest absolute Gasteiger partial charge is 0.378 e. The molecule has 0 saturated carbocycles. The van der Waals surface area contributed by atoms with Crippen molar-refractivity contribution in [2.24, 2.45) is 11.8 Å². The molecule has 3 heteroatoms. The van der Waals surface area contributed by atoms with Crippen molar-refractivity contribution in [3.63, 3.8) is 0 Å². The molecule has 4 atom stereocenters. The summed E-state index contributed by atoms with van der Waals surface area (Å²) in [7, 11) is 0. The smallest absolute Gasteiger partial charge is 0.0576 e. The third-order valence-corrected chi connectivity index (χ3v) is 5.59. The number of hydrogen-bond donors (Lipinski definition) is 1. The van der Waals surface area contributed by atoms with Crippen molar-refractivity contribution in [1.29, 1.82) is 0 Å². The van der Waals surface area contributed by atoms with Crippen molar-refractivity contribution in [3.05, 3.63) is 0 Å². The highest BCUT2D eigenvalue weighted by Crippen LogP contribution is 2.22. The summed E-state index contributed by atoms with van der Waals surface area (Å²) in [6.07, 6.45) is 6.92. The number of rotatable bonds is 7. The van der Waals surface area contributed by atoms with Crippen LogP contribution in [0.4, 0.5) is 0 Å². The van der Waals surface area contributed by atoms with Crippen LogP contribution in [0.15, 0.2) is 0 Å². The number of hydrogen-bond acceptors (Lipinski definition) is 3. The summed E-state index contributed by atoms with van der Waals surface area (Å²) in [4.78, 5) is 2.76. The van der Waals surface area contributed by atoms with Crippen LogP contribution in [-0.2, 0) is 4.74 Å². The van der Waals surface area contributed by atoms with E-state index in [4.69, 9.17) is 4.74 Å². The summed E-state index contributed by atoms with van der Waals surface area (Å²) in [6.45, 7) is 14.0. The van der Waals surface area contributed by atoms with Gasteiger partial charge in [0.1, 0.15) is 0 Å². The summed E-state index contributed by atoms with van der Waals surface area (Å²) in [5.41, 5.74) is 0. The second kappa shape index (κ2) is 8.50. The number of piperazine rings is 1. The molecule has 2 heterocycles. The van der Waals surface area contributed by atoms with E-state index in [1.54, 1.807) is 0 Å². The van der Waals surface area contributed by atoms with E-state index < -0.39 is 0 Å². The van der Waals surface area contributed by atoms with Gasteiger partial charge in [-0.3, -0.25) is 4.90 Å². The van der Waals surface area contributed by atoms with Crippen molar-refractivity contribution < 1.29 is 4.74 Å². The van der Waals surface area contributed by atoms with Gasteiger partial charge in [0.15, 0.2) is 0 Å². The molecule has 4 unspecified atom stereocenters. The molecule has 21 heavy (non-hydrogen) atoms. The van der Waals surface area contributed by atoms with Crippen molar-refractivity contribution in [3.8, 4) is 0 Å². The molecule has 2 aliphatic rings. The van der Waals surface area contributed by atoms with Crippen LogP contribution in [0.1, 0.15) is 59.8 Å². The van der Waals surface area contributed by atoms with Crippen LogP contribution in [0, 0.1) is 11.8 Å². The highest BCUT2D eigenvalue weighted by Gasteiger charge is 2.31. The molecule has 124 valence electrons. The average Bonchev–Trinajstić information content (AvgIpc) is 2.99. The fourth-order valence-electron chi connectivity index (χ4n) is 3.83. The zero-order valence-corrected chi connectivity index (χ0v) is 14.6. The molecule has 2 rings (SSSR count). The third-order valence-electron chi connectivity index (χ3n) is 5.59. The highest BCUT2D eigenvalue weighted by molar-refractivity contribution is 4.89. The minimum Gasteiger partial charge on any atom is -0.378 e. The Bertz CT molecular complexity index is 289. The lowest BCUT2D eigenvalue weighted by Crippen LogP contribution is -2.60. The van der Waals surface area contributed by atoms with E-state index in [1.165, 1.54) is 45.2 Å². The molecule has 2 saturated heterocycles. The minimum atomic E-state index is 0.552. The molecular weight excluding hydrogens is 260 g/mol. The van der Waals surface area contributed by atoms with Crippen LogP contribution in [-0.4, -0.2) is 49.3 Å². The normalized spacial score (nSPS) is 32.7. The summed E-state index contributed by atoms with van der Waals surface area (Å²) in [5.74, 6) is 1.51. The molecule has 0 aromatic heterocycles. The van der Waals surface area contributed by atoms with E-state index >= 15 is 0 Å². The first-order valence-electron chi connectivity index (χ1n) is 9.20. The maximum absolute atomic E-state index is 5.76. The molecule has 0 bridgehead atoms. The van der Waals surface area contributed by atoms with Crippen LogP contribution in [0.25, 0.3) is 0 Å². The van der Waals surface area contributed by atoms with E-state index in [-0.39, 0.29) is 0 Å². The van der Waals surface area contributed by atoms with Gasteiger partial charge in [0.2, 0.25) is 0 Å². The van der Waals surface area contributed by atoms with Crippen molar-refractivity contribution in [1.82, 2.24) is 10.2 Å². The van der Waals surface area contributed by atoms with Crippen molar-refractivity contribution >= 4 is 0 Å². The topological polar surface area (TPSA) is 24.5 Å². The van der Waals surface area contributed by atoms with Gasteiger partial charge in [0.05, 0.1) is 6.10 Å². The van der Waals surface area contributed by atoms with Gasteiger partial charge in [-0.05, 0) is 44.1 Å². The maximum Gasteiger partial charge on any atom is 0.0576 e. The van der Waals surface area contributed by atoms with E-state index in [0.717, 1.165) is 25.0 Å². The fraction of sp³-hybridized carbons (Fsp3) is 1.00. The first-order valence-corrected chi connectivity index (χ1v) is 9.20. The molecule has 0 aromatic rings. The lowest BCUT2D eigenvalue weighted by Gasteiger charge is -2.44. The molecule has 2 fully saturated rings. The van der Waals surface area contributed by atoms with Gasteiger partial charge in [-0.1, -0.05) is 34.1 Å². The molecule has 0 spiro atoms. The maximum atomic E-state index is 5.76. The predicted octanol–water partition coefficient (Wildman–Crippen LogP) is 3.29. The van der Waals surface area contributed by atoms with Crippen molar-refractivity contribution in [2.45, 2.75) is 78.0 Å². The number of nitrogens with zero attached hydrogens (tertiary/aromatic N) is 1. The third kappa shape index (κ3) is 4.94. The lowest BCUT2D eigenvalue weighted by molar-refractivity contribution is 0.0673. The van der Waals surface area contributed by atoms with E-state index in [2.05, 4.69) is 37.9 Å². The Balaban J connectivity index is 1.81. The molecule has 0 radical (unpaired) electrons. The Morgan fingerprint density at radius 2 is 2.10 bits per heavy atom.